The molecule has 33 heavy (non-hydrogen) atoms. The highest BCUT2D eigenvalue weighted by atomic mass is 16.5. The van der Waals surface area contributed by atoms with E-state index < -0.39 is 30.1 Å². The molecule has 7 heteroatoms. The first kappa shape index (κ1) is 24.0. The van der Waals surface area contributed by atoms with Gasteiger partial charge in [-0.05, 0) is 34.6 Å². The Balaban J connectivity index is 1.65. The van der Waals surface area contributed by atoms with E-state index in [0.717, 1.165) is 22.3 Å². The van der Waals surface area contributed by atoms with Crippen molar-refractivity contribution in [3.63, 3.8) is 0 Å². The highest BCUT2D eigenvalue weighted by molar-refractivity contribution is 5.89. The van der Waals surface area contributed by atoms with Crippen LogP contribution in [0.3, 0.4) is 0 Å². The summed E-state index contributed by atoms with van der Waals surface area (Å²) in [5.74, 6) is -2.06. The van der Waals surface area contributed by atoms with Crippen molar-refractivity contribution in [2.75, 3.05) is 6.61 Å². The van der Waals surface area contributed by atoms with Gasteiger partial charge in [-0.25, -0.2) is 9.59 Å². The second-order valence-electron chi connectivity index (χ2n) is 8.26. The van der Waals surface area contributed by atoms with Crippen molar-refractivity contribution in [1.82, 2.24) is 10.6 Å². The average molecular weight is 451 g/mol. The van der Waals surface area contributed by atoms with Crippen LogP contribution in [0.15, 0.2) is 61.2 Å². The summed E-state index contributed by atoms with van der Waals surface area (Å²) in [4.78, 5) is 36.8. The van der Waals surface area contributed by atoms with Crippen molar-refractivity contribution in [3.8, 4) is 11.1 Å². The van der Waals surface area contributed by atoms with Gasteiger partial charge in [0, 0.05) is 5.92 Å². The second kappa shape index (κ2) is 10.8. The Morgan fingerprint density at radius 3 is 2.15 bits per heavy atom. The fraction of sp³-hybridized carbons (Fsp3) is 0.346. The van der Waals surface area contributed by atoms with Crippen LogP contribution in [0.2, 0.25) is 0 Å². The van der Waals surface area contributed by atoms with Crippen molar-refractivity contribution in [1.29, 1.82) is 0 Å². The van der Waals surface area contributed by atoms with Gasteiger partial charge in [-0.1, -0.05) is 74.9 Å². The molecule has 1 aliphatic carbocycles. The summed E-state index contributed by atoms with van der Waals surface area (Å²) >= 11 is 0. The fourth-order valence-electron chi connectivity index (χ4n) is 4.12. The SMILES string of the molecule is C=CCC(NC(=O)OCC1c2ccccc2-c2ccccc21)C(=O)N[C@H](C(=O)O)[C@@H](C)CC. The van der Waals surface area contributed by atoms with Gasteiger partial charge in [0.25, 0.3) is 0 Å². The number of carbonyl (C=O) groups excluding carboxylic acids is 2. The van der Waals surface area contributed by atoms with E-state index in [4.69, 9.17) is 4.74 Å². The van der Waals surface area contributed by atoms with E-state index in [1.54, 1.807) is 6.92 Å². The molecule has 0 aliphatic heterocycles. The van der Waals surface area contributed by atoms with Gasteiger partial charge in [-0.3, -0.25) is 4.79 Å². The first-order valence-electron chi connectivity index (χ1n) is 11.1. The lowest BCUT2D eigenvalue weighted by molar-refractivity contribution is -0.143. The molecule has 0 saturated carbocycles. The Morgan fingerprint density at radius 1 is 1.06 bits per heavy atom. The third-order valence-electron chi connectivity index (χ3n) is 6.13. The molecule has 0 radical (unpaired) electrons. The number of carbonyl (C=O) groups is 3. The van der Waals surface area contributed by atoms with Crippen LogP contribution in [0.25, 0.3) is 11.1 Å². The van der Waals surface area contributed by atoms with E-state index in [2.05, 4.69) is 29.3 Å². The average Bonchev–Trinajstić information content (AvgIpc) is 3.13. The standard InChI is InChI=1S/C26H30N2O5/c1-4-10-22(24(29)28-23(25(30)31)16(3)5-2)27-26(32)33-15-21-19-13-8-6-11-17(19)18-12-7-9-14-20(18)21/h4,6-9,11-14,16,21-23H,1,5,10,15H2,2-3H3,(H,27,32)(H,28,29)(H,30,31)/t16-,22?,23-/m0/s1. The zero-order valence-electron chi connectivity index (χ0n) is 18.9. The summed E-state index contributed by atoms with van der Waals surface area (Å²) in [7, 11) is 0. The maximum atomic E-state index is 12.7. The molecule has 2 amide bonds. The molecule has 0 spiro atoms. The number of carboxylic acids is 1. The van der Waals surface area contributed by atoms with Crippen molar-refractivity contribution in [2.24, 2.45) is 5.92 Å². The molecule has 0 bridgehead atoms. The van der Waals surface area contributed by atoms with E-state index in [1.807, 2.05) is 43.3 Å². The van der Waals surface area contributed by atoms with Crippen molar-refractivity contribution in [2.45, 2.75) is 44.7 Å². The number of aliphatic carboxylic acids is 1. The Labute approximate surface area is 193 Å². The number of ether oxygens (including phenoxy) is 1. The van der Waals surface area contributed by atoms with E-state index in [9.17, 15) is 19.5 Å². The molecule has 1 aliphatic rings. The van der Waals surface area contributed by atoms with Crippen LogP contribution in [0.5, 0.6) is 0 Å². The molecule has 174 valence electrons. The Bertz CT molecular complexity index is 989. The van der Waals surface area contributed by atoms with E-state index in [1.165, 1.54) is 6.08 Å². The van der Waals surface area contributed by atoms with Crippen molar-refractivity contribution >= 4 is 18.0 Å². The maximum absolute atomic E-state index is 12.7. The van der Waals surface area contributed by atoms with Crippen LogP contribution in [-0.4, -0.2) is 41.8 Å². The molecule has 0 saturated heterocycles. The van der Waals surface area contributed by atoms with E-state index in [-0.39, 0.29) is 24.9 Å². The van der Waals surface area contributed by atoms with Crippen LogP contribution in [0.4, 0.5) is 4.79 Å². The molecule has 0 aromatic heterocycles. The summed E-state index contributed by atoms with van der Waals surface area (Å²) in [5.41, 5.74) is 4.42. The number of benzene rings is 2. The molecule has 3 N–H and O–H groups in total. The molecule has 3 atom stereocenters. The number of alkyl carbamates (subject to hydrolysis) is 1. The van der Waals surface area contributed by atoms with Crippen LogP contribution < -0.4 is 10.6 Å². The smallest absolute Gasteiger partial charge is 0.407 e. The lowest BCUT2D eigenvalue weighted by Crippen LogP contribution is -2.53. The number of rotatable bonds is 10. The zero-order valence-corrected chi connectivity index (χ0v) is 18.9. The fourth-order valence-corrected chi connectivity index (χ4v) is 4.12. The number of hydrogen-bond donors (Lipinski definition) is 3. The molecule has 0 heterocycles. The van der Waals surface area contributed by atoms with Crippen LogP contribution in [-0.2, 0) is 14.3 Å². The van der Waals surface area contributed by atoms with Crippen LogP contribution >= 0.6 is 0 Å². The quantitative estimate of drug-likeness (QED) is 0.473. The minimum Gasteiger partial charge on any atom is -0.480 e. The molecule has 2 aromatic carbocycles. The summed E-state index contributed by atoms with van der Waals surface area (Å²) < 4.78 is 5.51. The van der Waals surface area contributed by atoms with Gasteiger partial charge in [0.05, 0.1) is 0 Å². The van der Waals surface area contributed by atoms with Gasteiger partial charge in [0.1, 0.15) is 18.7 Å². The van der Waals surface area contributed by atoms with Crippen molar-refractivity contribution in [3.05, 3.63) is 72.3 Å². The third kappa shape index (κ3) is 5.42. The molecular formula is C26H30N2O5. The van der Waals surface area contributed by atoms with Gasteiger partial charge in [0.15, 0.2) is 0 Å². The number of hydrogen-bond acceptors (Lipinski definition) is 4. The number of nitrogens with one attached hydrogen (secondary N) is 2. The lowest BCUT2D eigenvalue weighted by atomic mass is 9.98. The van der Waals surface area contributed by atoms with Gasteiger partial charge in [-0.15, -0.1) is 6.58 Å². The Morgan fingerprint density at radius 2 is 1.64 bits per heavy atom. The maximum Gasteiger partial charge on any atom is 0.407 e. The summed E-state index contributed by atoms with van der Waals surface area (Å²) in [6.07, 6.45) is 1.48. The summed E-state index contributed by atoms with van der Waals surface area (Å²) in [5, 5.41) is 14.5. The number of fused-ring (bicyclic) bond motifs is 3. The molecular weight excluding hydrogens is 420 g/mol. The highest BCUT2D eigenvalue weighted by Gasteiger charge is 2.31. The summed E-state index contributed by atoms with van der Waals surface area (Å²) in [6.45, 7) is 7.34. The van der Waals surface area contributed by atoms with Gasteiger partial charge in [-0.2, -0.15) is 0 Å². The van der Waals surface area contributed by atoms with E-state index in [0.29, 0.717) is 6.42 Å². The predicted octanol–water partition coefficient (Wildman–Crippen LogP) is 4.09. The van der Waals surface area contributed by atoms with Crippen LogP contribution in [0, 0.1) is 5.92 Å². The Kier molecular flexibility index (Phi) is 7.87. The third-order valence-corrected chi connectivity index (χ3v) is 6.13. The second-order valence-corrected chi connectivity index (χ2v) is 8.26. The normalized spacial score (nSPS) is 14.8. The lowest BCUT2D eigenvalue weighted by Gasteiger charge is -2.24. The Hall–Kier alpha value is -3.61. The minimum absolute atomic E-state index is 0.100. The molecule has 3 rings (SSSR count). The zero-order chi connectivity index (χ0) is 24.0. The minimum atomic E-state index is -1.11. The summed E-state index contributed by atoms with van der Waals surface area (Å²) in [6, 6.07) is 14.0. The first-order chi connectivity index (χ1) is 15.9. The topological polar surface area (TPSA) is 105 Å². The van der Waals surface area contributed by atoms with Gasteiger partial charge in [0.2, 0.25) is 5.91 Å². The monoisotopic (exact) mass is 450 g/mol. The van der Waals surface area contributed by atoms with Crippen LogP contribution in [0.1, 0.15) is 43.7 Å². The van der Waals surface area contributed by atoms with Gasteiger partial charge >= 0.3 is 12.1 Å². The van der Waals surface area contributed by atoms with Crippen molar-refractivity contribution < 1.29 is 24.2 Å². The van der Waals surface area contributed by atoms with Gasteiger partial charge < -0.3 is 20.5 Å². The number of amides is 2. The molecule has 7 nitrogen and oxygen atoms in total. The molecule has 2 aromatic rings. The number of carboxylic acid groups (broad SMARTS) is 1. The predicted molar refractivity (Wildman–Crippen MR) is 126 cm³/mol. The molecule has 1 unspecified atom stereocenters. The highest BCUT2D eigenvalue weighted by Crippen LogP contribution is 2.44. The van der Waals surface area contributed by atoms with E-state index >= 15 is 0 Å². The molecule has 0 fully saturated rings. The largest absolute Gasteiger partial charge is 0.480 e. The first-order valence-corrected chi connectivity index (χ1v) is 11.1.